The van der Waals surface area contributed by atoms with Gasteiger partial charge >= 0.3 is 0 Å². The zero-order chi connectivity index (χ0) is 14.7. The minimum Gasteiger partial charge on any atom is -0.489 e. The Kier molecular flexibility index (Phi) is 3.99. The predicted octanol–water partition coefficient (Wildman–Crippen LogP) is 3.23. The van der Waals surface area contributed by atoms with E-state index in [0.29, 0.717) is 31.3 Å². The summed E-state index contributed by atoms with van der Waals surface area (Å²) in [7, 11) is 1.89. The van der Waals surface area contributed by atoms with Crippen LogP contribution in [0.2, 0.25) is 0 Å². The molecule has 3 rings (SSSR count). The third-order valence-corrected chi connectivity index (χ3v) is 3.51. The van der Waals surface area contributed by atoms with Gasteiger partial charge in [0.15, 0.2) is 11.5 Å². The van der Waals surface area contributed by atoms with Gasteiger partial charge in [-0.15, -0.1) is 0 Å². The van der Waals surface area contributed by atoms with Crippen LogP contribution in [-0.2, 0) is 0 Å². The van der Waals surface area contributed by atoms with Gasteiger partial charge in [-0.2, -0.15) is 0 Å². The number of nitrogens with one attached hydrogen (secondary N) is 1. The molecule has 0 bridgehead atoms. The molecule has 2 aromatic rings. The van der Waals surface area contributed by atoms with E-state index in [2.05, 4.69) is 17.2 Å². The Balaban J connectivity index is 2.12. The zero-order valence-electron chi connectivity index (χ0n) is 12.4. The van der Waals surface area contributed by atoms with Crippen molar-refractivity contribution in [2.24, 2.45) is 0 Å². The van der Waals surface area contributed by atoms with Crippen LogP contribution in [0.5, 0.6) is 17.2 Å². The summed E-state index contributed by atoms with van der Waals surface area (Å²) in [5.41, 5.74) is 1.82. The second kappa shape index (κ2) is 6.08. The van der Waals surface area contributed by atoms with Crippen molar-refractivity contribution in [2.45, 2.75) is 19.8 Å². The predicted molar refractivity (Wildman–Crippen MR) is 82.7 cm³/mol. The number of benzene rings is 1. The van der Waals surface area contributed by atoms with Crippen LogP contribution in [0, 0.1) is 0 Å². The van der Waals surface area contributed by atoms with Crippen LogP contribution >= 0.6 is 0 Å². The number of anilines is 1. The van der Waals surface area contributed by atoms with Crippen LogP contribution in [-0.4, -0.2) is 31.9 Å². The van der Waals surface area contributed by atoms with E-state index in [0.717, 1.165) is 35.2 Å². The van der Waals surface area contributed by atoms with Crippen LogP contribution in [0.25, 0.3) is 10.9 Å². The molecule has 1 aromatic carbocycles. The molecular formula is C16H20N2O3. The van der Waals surface area contributed by atoms with E-state index in [1.165, 1.54) is 0 Å². The SMILES string of the molecule is CCCCOc1cc2nccc(NC)c2c2c1OCCO2. The minimum absolute atomic E-state index is 0.539. The van der Waals surface area contributed by atoms with Crippen LogP contribution in [0.3, 0.4) is 0 Å². The Bertz CT molecular complexity index is 643. The van der Waals surface area contributed by atoms with E-state index >= 15 is 0 Å². The Morgan fingerprint density at radius 1 is 1.29 bits per heavy atom. The van der Waals surface area contributed by atoms with Crippen LogP contribution in [0.15, 0.2) is 18.3 Å². The van der Waals surface area contributed by atoms with Crippen molar-refractivity contribution in [2.75, 3.05) is 32.2 Å². The van der Waals surface area contributed by atoms with Crippen molar-refractivity contribution in [3.63, 3.8) is 0 Å². The Labute approximate surface area is 124 Å². The molecule has 112 valence electrons. The summed E-state index contributed by atoms with van der Waals surface area (Å²) in [4.78, 5) is 4.43. The molecule has 5 heteroatoms. The molecule has 2 heterocycles. The van der Waals surface area contributed by atoms with Crippen molar-refractivity contribution in [3.05, 3.63) is 18.3 Å². The molecule has 0 radical (unpaired) electrons. The highest BCUT2D eigenvalue weighted by Gasteiger charge is 2.23. The van der Waals surface area contributed by atoms with Gasteiger partial charge in [0.25, 0.3) is 0 Å². The van der Waals surface area contributed by atoms with Gasteiger partial charge in [-0.25, -0.2) is 0 Å². The van der Waals surface area contributed by atoms with Crippen molar-refractivity contribution >= 4 is 16.6 Å². The zero-order valence-corrected chi connectivity index (χ0v) is 12.4. The molecule has 0 amide bonds. The third kappa shape index (κ3) is 2.55. The minimum atomic E-state index is 0.539. The molecule has 0 unspecified atom stereocenters. The number of ether oxygens (including phenoxy) is 3. The molecule has 21 heavy (non-hydrogen) atoms. The van der Waals surface area contributed by atoms with Gasteiger partial charge in [-0.1, -0.05) is 13.3 Å². The van der Waals surface area contributed by atoms with Gasteiger partial charge < -0.3 is 19.5 Å². The van der Waals surface area contributed by atoms with Crippen molar-refractivity contribution in [3.8, 4) is 17.2 Å². The summed E-state index contributed by atoms with van der Waals surface area (Å²) < 4.78 is 17.5. The number of unbranched alkanes of at least 4 members (excludes halogenated alkanes) is 1. The molecule has 0 saturated heterocycles. The molecule has 0 fully saturated rings. The maximum atomic E-state index is 5.86. The molecule has 0 saturated carbocycles. The van der Waals surface area contributed by atoms with E-state index in [-0.39, 0.29) is 0 Å². The highest BCUT2D eigenvalue weighted by molar-refractivity contribution is 5.99. The van der Waals surface area contributed by atoms with Crippen LogP contribution in [0.1, 0.15) is 19.8 Å². The summed E-state index contributed by atoms with van der Waals surface area (Å²) in [6, 6.07) is 3.86. The summed E-state index contributed by atoms with van der Waals surface area (Å²) in [5, 5.41) is 4.12. The Morgan fingerprint density at radius 2 is 2.10 bits per heavy atom. The van der Waals surface area contributed by atoms with Gasteiger partial charge in [0, 0.05) is 25.0 Å². The normalized spacial score (nSPS) is 13.2. The summed E-state index contributed by atoms with van der Waals surface area (Å²) >= 11 is 0. The molecule has 5 nitrogen and oxygen atoms in total. The number of hydrogen-bond acceptors (Lipinski definition) is 5. The molecule has 1 aromatic heterocycles. The first kappa shape index (κ1) is 13.8. The second-order valence-corrected chi connectivity index (χ2v) is 4.93. The number of nitrogens with zero attached hydrogens (tertiary/aromatic N) is 1. The highest BCUT2D eigenvalue weighted by Crippen LogP contribution is 2.47. The van der Waals surface area contributed by atoms with Gasteiger partial charge in [0.2, 0.25) is 5.75 Å². The maximum Gasteiger partial charge on any atom is 0.204 e. The lowest BCUT2D eigenvalue weighted by molar-refractivity contribution is 0.164. The first-order chi connectivity index (χ1) is 10.3. The monoisotopic (exact) mass is 288 g/mol. The maximum absolute atomic E-state index is 5.86. The van der Waals surface area contributed by atoms with Crippen molar-refractivity contribution in [1.29, 1.82) is 0 Å². The number of rotatable bonds is 5. The van der Waals surface area contributed by atoms with Gasteiger partial charge in [0.05, 0.1) is 17.5 Å². The highest BCUT2D eigenvalue weighted by atomic mass is 16.6. The van der Waals surface area contributed by atoms with Crippen LogP contribution in [0.4, 0.5) is 5.69 Å². The molecule has 0 atom stereocenters. The van der Waals surface area contributed by atoms with E-state index < -0.39 is 0 Å². The van der Waals surface area contributed by atoms with E-state index in [4.69, 9.17) is 14.2 Å². The Morgan fingerprint density at radius 3 is 2.86 bits per heavy atom. The van der Waals surface area contributed by atoms with E-state index in [9.17, 15) is 0 Å². The molecule has 1 aliphatic heterocycles. The standard InChI is InChI=1S/C16H20N2O3/c1-3-4-7-19-13-10-12-14(11(17-2)5-6-18-12)16-15(13)20-8-9-21-16/h5-6,10H,3-4,7-9H2,1-2H3,(H,17,18). The smallest absolute Gasteiger partial charge is 0.204 e. The number of pyridine rings is 1. The lowest BCUT2D eigenvalue weighted by Crippen LogP contribution is -2.17. The quantitative estimate of drug-likeness (QED) is 0.856. The molecule has 0 spiro atoms. The number of aromatic nitrogens is 1. The molecule has 1 N–H and O–H groups in total. The lowest BCUT2D eigenvalue weighted by Gasteiger charge is -2.23. The first-order valence-electron chi connectivity index (χ1n) is 7.37. The van der Waals surface area contributed by atoms with Crippen molar-refractivity contribution in [1.82, 2.24) is 4.98 Å². The van der Waals surface area contributed by atoms with E-state index in [1.807, 2.05) is 19.2 Å². The second-order valence-electron chi connectivity index (χ2n) is 4.93. The van der Waals surface area contributed by atoms with Gasteiger partial charge in [-0.05, 0) is 12.5 Å². The largest absolute Gasteiger partial charge is 0.489 e. The third-order valence-electron chi connectivity index (χ3n) is 3.51. The Hall–Kier alpha value is -2.17. The topological polar surface area (TPSA) is 52.6 Å². The molecule has 1 aliphatic rings. The summed E-state index contributed by atoms with van der Waals surface area (Å²) in [6.07, 6.45) is 3.88. The fraction of sp³-hybridized carbons (Fsp3) is 0.438. The first-order valence-corrected chi connectivity index (χ1v) is 7.37. The molecule has 0 aliphatic carbocycles. The van der Waals surface area contributed by atoms with Gasteiger partial charge in [0.1, 0.15) is 13.2 Å². The van der Waals surface area contributed by atoms with Gasteiger partial charge in [-0.3, -0.25) is 4.98 Å². The van der Waals surface area contributed by atoms with Crippen LogP contribution < -0.4 is 19.5 Å². The van der Waals surface area contributed by atoms with Crippen molar-refractivity contribution < 1.29 is 14.2 Å². The van der Waals surface area contributed by atoms with E-state index in [1.54, 1.807) is 6.20 Å². The number of fused-ring (bicyclic) bond motifs is 3. The summed E-state index contributed by atoms with van der Waals surface area (Å²) in [6.45, 7) is 3.89. The number of hydrogen-bond donors (Lipinski definition) is 1. The fourth-order valence-electron chi connectivity index (χ4n) is 2.45. The lowest BCUT2D eigenvalue weighted by atomic mass is 10.1. The average Bonchev–Trinajstić information content (AvgIpc) is 2.54. The summed E-state index contributed by atoms with van der Waals surface area (Å²) in [5.74, 6) is 2.13. The molecular weight excluding hydrogens is 268 g/mol. The average molecular weight is 288 g/mol. The fourth-order valence-corrected chi connectivity index (χ4v) is 2.45.